The average molecular weight is 217 g/mol. The predicted octanol–water partition coefficient (Wildman–Crippen LogP) is 2.17. The number of fused-ring (bicyclic) bond motifs is 3. The lowest BCUT2D eigenvalue weighted by Crippen LogP contribution is -1.98. The number of nitrogens with two attached hydrogens (primary N) is 1. The van der Waals surface area contributed by atoms with Gasteiger partial charge in [-0.2, -0.15) is 0 Å². The van der Waals surface area contributed by atoms with Gasteiger partial charge in [0.25, 0.3) is 0 Å². The first-order chi connectivity index (χ1) is 7.25. The van der Waals surface area contributed by atoms with Gasteiger partial charge in [-0.25, -0.2) is 4.98 Å². The Morgan fingerprint density at radius 3 is 3.07 bits per heavy atom. The molecule has 2 N–H and O–H groups in total. The van der Waals surface area contributed by atoms with E-state index in [1.165, 1.54) is 5.56 Å². The Morgan fingerprint density at radius 1 is 1.33 bits per heavy atom. The fourth-order valence-electron chi connectivity index (χ4n) is 1.93. The number of pyridine rings is 2. The zero-order chi connectivity index (χ0) is 10.4. The van der Waals surface area contributed by atoms with Crippen molar-refractivity contribution in [3.8, 4) is 0 Å². The lowest BCUT2D eigenvalue weighted by Gasteiger charge is -2.06. The van der Waals surface area contributed by atoms with Crippen molar-refractivity contribution in [3.63, 3.8) is 0 Å². The van der Waals surface area contributed by atoms with Gasteiger partial charge in [-0.1, -0.05) is 0 Å². The molecule has 76 valence electrons. The van der Waals surface area contributed by atoms with Crippen molar-refractivity contribution in [1.82, 2.24) is 9.97 Å². The van der Waals surface area contributed by atoms with Crippen molar-refractivity contribution in [2.45, 2.75) is 18.4 Å². The van der Waals surface area contributed by atoms with E-state index in [-0.39, 0.29) is 0 Å². The Morgan fingerprint density at radius 2 is 2.20 bits per heavy atom. The van der Waals surface area contributed by atoms with Gasteiger partial charge in [0, 0.05) is 22.4 Å². The Kier molecular flexibility index (Phi) is 1.85. The first-order valence-corrected chi connectivity index (χ1v) is 5.93. The van der Waals surface area contributed by atoms with Crippen LogP contribution in [0.1, 0.15) is 11.3 Å². The number of hydrogen-bond donors (Lipinski definition) is 1. The minimum absolute atomic E-state index is 0.602. The molecule has 0 fully saturated rings. The van der Waals surface area contributed by atoms with Gasteiger partial charge in [-0.05, 0) is 25.5 Å². The van der Waals surface area contributed by atoms with Gasteiger partial charge in [0.1, 0.15) is 10.8 Å². The van der Waals surface area contributed by atoms with Crippen LogP contribution in [0.15, 0.2) is 17.2 Å². The zero-order valence-corrected chi connectivity index (χ0v) is 9.27. The molecule has 0 amide bonds. The van der Waals surface area contributed by atoms with E-state index in [0.717, 1.165) is 33.8 Å². The molecule has 0 atom stereocenters. The molecule has 3 rings (SSSR count). The van der Waals surface area contributed by atoms with Crippen LogP contribution in [-0.2, 0) is 6.42 Å². The molecule has 0 aliphatic carbocycles. The van der Waals surface area contributed by atoms with Gasteiger partial charge in [-0.3, -0.25) is 4.98 Å². The normalized spacial score (nSPS) is 14.5. The summed E-state index contributed by atoms with van der Waals surface area (Å²) in [5.74, 6) is 1.70. The molecule has 1 aliphatic heterocycles. The molecular formula is C11H11N3S. The lowest BCUT2D eigenvalue weighted by molar-refractivity contribution is 1.06. The van der Waals surface area contributed by atoms with E-state index in [4.69, 9.17) is 5.73 Å². The third-order valence-electron chi connectivity index (χ3n) is 2.67. The summed E-state index contributed by atoms with van der Waals surface area (Å²) in [6.07, 6.45) is 1.06. The van der Waals surface area contributed by atoms with E-state index in [0.29, 0.717) is 5.82 Å². The fourth-order valence-corrected chi connectivity index (χ4v) is 2.96. The zero-order valence-electron chi connectivity index (χ0n) is 8.45. The number of rotatable bonds is 0. The highest BCUT2D eigenvalue weighted by molar-refractivity contribution is 7.99. The number of anilines is 1. The maximum Gasteiger partial charge on any atom is 0.134 e. The third kappa shape index (κ3) is 1.28. The molecule has 4 heteroatoms. The van der Waals surface area contributed by atoms with E-state index in [9.17, 15) is 0 Å². The highest BCUT2D eigenvalue weighted by Gasteiger charge is 2.18. The topological polar surface area (TPSA) is 51.8 Å². The highest BCUT2D eigenvalue weighted by Crippen LogP contribution is 2.35. The molecule has 0 saturated carbocycles. The molecule has 15 heavy (non-hydrogen) atoms. The van der Waals surface area contributed by atoms with Crippen LogP contribution in [0.5, 0.6) is 0 Å². The summed E-state index contributed by atoms with van der Waals surface area (Å²) in [5.41, 5.74) is 9.26. The van der Waals surface area contributed by atoms with Crippen molar-refractivity contribution in [2.75, 3.05) is 11.5 Å². The number of aromatic nitrogens is 2. The Hall–Kier alpha value is -1.29. The summed E-state index contributed by atoms with van der Waals surface area (Å²) >= 11 is 1.77. The summed E-state index contributed by atoms with van der Waals surface area (Å²) in [7, 11) is 0. The molecule has 0 aromatic carbocycles. The second-order valence-electron chi connectivity index (χ2n) is 3.73. The van der Waals surface area contributed by atoms with Crippen LogP contribution in [0, 0.1) is 6.92 Å². The largest absolute Gasteiger partial charge is 0.383 e. The van der Waals surface area contributed by atoms with E-state index in [1.54, 1.807) is 11.8 Å². The maximum atomic E-state index is 5.91. The molecule has 0 unspecified atom stereocenters. The van der Waals surface area contributed by atoms with Crippen LogP contribution in [-0.4, -0.2) is 15.7 Å². The van der Waals surface area contributed by atoms with Gasteiger partial charge in [0.2, 0.25) is 0 Å². The Labute approximate surface area is 92.1 Å². The van der Waals surface area contributed by atoms with E-state index >= 15 is 0 Å². The summed E-state index contributed by atoms with van der Waals surface area (Å²) in [6, 6.07) is 4.00. The van der Waals surface area contributed by atoms with E-state index in [2.05, 4.69) is 9.97 Å². The number of aryl methyl sites for hydroxylation is 2. The SMILES string of the molecule is Cc1ccc2c(N)nc3c(c2n1)CCS3. The van der Waals surface area contributed by atoms with Crippen molar-refractivity contribution in [3.05, 3.63) is 23.4 Å². The molecular weight excluding hydrogens is 206 g/mol. The van der Waals surface area contributed by atoms with Gasteiger partial charge in [0.15, 0.2) is 0 Å². The number of nitrogen functional groups attached to an aromatic ring is 1. The molecule has 3 heterocycles. The van der Waals surface area contributed by atoms with Gasteiger partial charge in [-0.15, -0.1) is 11.8 Å². The Balaban J connectivity index is 2.45. The minimum Gasteiger partial charge on any atom is -0.383 e. The number of thioether (sulfide) groups is 1. The lowest BCUT2D eigenvalue weighted by atomic mass is 10.1. The van der Waals surface area contributed by atoms with Crippen LogP contribution < -0.4 is 5.73 Å². The summed E-state index contributed by atoms with van der Waals surface area (Å²) in [4.78, 5) is 8.99. The smallest absolute Gasteiger partial charge is 0.134 e. The van der Waals surface area contributed by atoms with Crippen molar-refractivity contribution < 1.29 is 0 Å². The third-order valence-corrected chi connectivity index (χ3v) is 3.69. The predicted molar refractivity (Wildman–Crippen MR) is 63.1 cm³/mol. The molecule has 0 spiro atoms. The van der Waals surface area contributed by atoms with Crippen LogP contribution in [0.2, 0.25) is 0 Å². The molecule has 2 aromatic heterocycles. The number of hydrogen-bond acceptors (Lipinski definition) is 4. The quantitative estimate of drug-likeness (QED) is 0.734. The molecule has 3 nitrogen and oxygen atoms in total. The van der Waals surface area contributed by atoms with Crippen molar-refractivity contribution >= 4 is 28.5 Å². The van der Waals surface area contributed by atoms with Crippen molar-refractivity contribution in [2.24, 2.45) is 0 Å². The van der Waals surface area contributed by atoms with Crippen LogP contribution in [0.4, 0.5) is 5.82 Å². The van der Waals surface area contributed by atoms with E-state index < -0.39 is 0 Å². The van der Waals surface area contributed by atoms with Crippen LogP contribution in [0.3, 0.4) is 0 Å². The monoisotopic (exact) mass is 217 g/mol. The second kappa shape index (κ2) is 3.10. The van der Waals surface area contributed by atoms with Gasteiger partial charge < -0.3 is 5.73 Å². The fraction of sp³-hybridized carbons (Fsp3) is 0.273. The van der Waals surface area contributed by atoms with Gasteiger partial charge >= 0.3 is 0 Å². The number of nitrogens with zero attached hydrogens (tertiary/aromatic N) is 2. The van der Waals surface area contributed by atoms with Crippen LogP contribution >= 0.6 is 11.8 Å². The first kappa shape index (κ1) is 8.97. The summed E-state index contributed by atoms with van der Waals surface area (Å²) in [5, 5.41) is 2.06. The average Bonchev–Trinajstić information content (AvgIpc) is 2.65. The summed E-state index contributed by atoms with van der Waals surface area (Å²) < 4.78 is 0. The van der Waals surface area contributed by atoms with Gasteiger partial charge in [0.05, 0.1) is 5.52 Å². The minimum atomic E-state index is 0.602. The van der Waals surface area contributed by atoms with Crippen molar-refractivity contribution in [1.29, 1.82) is 0 Å². The Bertz CT molecular complexity index is 551. The summed E-state index contributed by atoms with van der Waals surface area (Å²) in [6.45, 7) is 2.00. The maximum absolute atomic E-state index is 5.91. The second-order valence-corrected chi connectivity index (χ2v) is 4.81. The molecule has 0 saturated heterocycles. The van der Waals surface area contributed by atoms with E-state index in [1.807, 2.05) is 19.1 Å². The first-order valence-electron chi connectivity index (χ1n) is 4.94. The molecule has 2 aromatic rings. The standard InChI is InChI=1S/C11H11N3S/c1-6-2-3-7-9(13-6)8-4-5-15-11(8)14-10(7)12/h2-3H,4-5H2,1H3,(H2,12,14). The molecule has 0 bridgehead atoms. The molecule has 1 aliphatic rings. The van der Waals surface area contributed by atoms with Crippen LogP contribution in [0.25, 0.3) is 10.9 Å². The highest BCUT2D eigenvalue weighted by atomic mass is 32.2. The molecule has 0 radical (unpaired) electrons.